The van der Waals surface area contributed by atoms with Crippen LogP contribution in [0.5, 0.6) is 0 Å². The van der Waals surface area contributed by atoms with E-state index in [2.05, 4.69) is 24.6 Å². The topological polar surface area (TPSA) is 38.4 Å². The molecule has 0 bridgehead atoms. The number of hydrogen-bond acceptors (Lipinski definition) is 2. The molecule has 0 heterocycles. The van der Waals surface area contributed by atoms with E-state index in [-0.39, 0.29) is 0 Å². The van der Waals surface area contributed by atoms with Gasteiger partial charge in [0.25, 0.3) is 0 Å². The number of allylic oxidation sites excluding steroid dienone is 5. The molecular weight excluding hydrogens is 184 g/mol. The summed E-state index contributed by atoms with van der Waals surface area (Å²) < 4.78 is 0. The van der Waals surface area contributed by atoms with Crippen LogP contribution in [0, 0.1) is 0 Å². The summed E-state index contributed by atoms with van der Waals surface area (Å²) in [5.74, 6) is 0. The van der Waals surface area contributed by atoms with Crippen molar-refractivity contribution in [1.82, 2.24) is 0 Å². The van der Waals surface area contributed by atoms with E-state index in [0.29, 0.717) is 0 Å². The van der Waals surface area contributed by atoms with Crippen molar-refractivity contribution in [3.8, 4) is 0 Å². The third-order valence-electron chi connectivity index (χ3n) is 1.91. The van der Waals surface area contributed by atoms with E-state index in [4.69, 9.17) is 5.73 Å². The summed E-state index contributed by atoms with van der Waals surface area (Å²) in [6.45, 7) is 7.62. The predicted octanol–water partition coefficient (Wildman–Crippen LogP) is 3.35. The Balaban J connectivity index is 4.46. The van der Waals surface area contributed by atoms with Crippen LogP contribution in [0.25, 0.3) is 0 Å². The van der Waals surface area contributed by atoms with E-state index < -0.39 is 0 Å². The fourth-order valence-electron chi connectivity index (χ4n) is 1.05. The number of nitrogens with zero attached hydrogens (tertiary/aromatic N) is 1. The number of hydrogen-bond donors (Lipinski definition) is 1. The molecule has 82 valence electrons. The van der Waals surface area contributed by atoms with Gasteiger partial charge in [-0.3, -0.25) is 4.99 Å². The van der Waals surface area contributed by atoms with Gasteiger partial charge < -0.3 is 5.73 Å². The van der Waals surface area contributed by atoms with E-state index >= 15 is 0 Å². The molecule has 2 N–H and O–H groups in total. The normalized spacial score (nSPS) is 14.0. The van der Waals surface area contributed by atoms with Gasteiger partial charge in [0.1, 0.15) is 0 Å². The fourth-order valence-corrected chi connectivity index (χ4v) is 1.05. The third-order valence-corrected chi connectivity index (χ3v) is 1.91. The molecule has 0 unspecified atom stereocenters. The number of aliphatic imine (C=N–C) groups is 1. The maximum atomic E-state index is 5.54. The molecule has 15 heavy (non-hydrogen) atoms. The van der Waals surface area contributed by atoms with Gasteiger partial charge >= 0.3 is 0 Å². The molecule has 0 aliphatic heterocycles. The molecule has 0 spiro atoms. The van der Waals surface area contributed by atoms with Gasteiger partial charge in [0.05, 0.1) is 0 Å². The van der Waals surface area contributed by atoms with Gasteiger partial charge in [-0.2, -0.15) is 0 Å². The lowest BCUT2D eigenvalue weighted by molar-refractivity contribution is 1.17. The molecule has 0 aromatic heterocycles. The quantitative estimate of drug-likeness (QED) is 0.523. The van der Waals surface area contributed by atoms with Crippen LogP contribution >= 0.6 is 0 Å². The lowest BCUT2D eigenvalue weighted by atomic mass is 10.1. The molecule has 2 nitrogen and oxygen atoms in total. The molecule has 0 atom stereocenters. The highest BCUT2D eigenvalue weighted by atomic mass is 14.7. The molecule has 0 fully saturated rings. The molecule has 0 rings (SSSR count). The highest BCUT2D eigenvalue weighted by molar-refractivity contribution is 5.79. The summed E-state index contributed by atoms with van der Waals surface area (Å²) >= 11 is 0. The van der Waals surface area contributed by atoms with Gasteiger partial charge in [0.15, 0.2) is 0 Å². The van der Waals surface area contributed by atoms with Crippen LogP contribution in [0.2, 0.25) is 0 Å². The Labute approximate surface area is 92.6 Å². The van der Waals surface area contributed by atoms with E-state index in [0.717, 1.165) is 24.0 Å². The van der Waals surface area contributed by atoms with Crippen LogP contribution in [0.15, 0.2) is 53.3 Å². The molecule has 0 saturated carbocycles. The second kappa shape index (κ2) is 9.00. The Morgan fingerprint density at radius 2 is 2.13 bits per heavy atom. The summed E-state index contributed by atoms with van der Waals surface area (Å²) in [7, 11) is 0. The first-order valence-electron chi connectivity index (χ1n) is 5.15. The van der Waals surface area contributed by atoms with E-state index in [1.54, 1.807) is 12.4 Å². The summed E-state index contributed by atoms with van der Waals surface area (Å²) in [4.78, 5) is 3.99. The lowest BCUT2D eigenvalue weighted by Gasteiger charge is -2.01. The van der Waals surface area contributed by atoms with Gasteiger partial charge in [0.2, 0.25) is 0 Å². The first-order valence-corrected chi connectivity index (χ1v) is 5.15. The standard InChI is InChI=1S/C13H20N2/c1-4-7-8-13(10-14)9-12(5-2)11-15-6-3/h5-8,10-11H,3-4,9,14H2,1-2H3/b8-7-,12-5-,13-10+,15-11-. The monoisotopic (exact) mass is 204 g/mol. The summed E-state index contributed by atoms with van der Waals surface area (Å²) in [6, 6.07) is 0. The van der Waals surface area contributed by atoms with Crippen LogP contribution in [-0.2, 0) is 0 Å². The van der Waals surface area contributed by atoms with Crippen LogP contribution in [0.1, 0.15) is 26.7 Å². The van der Waals surface area contributed by atoms with Gasteiger partial charge in [-0.15, -0.1) is 0 Å². The fraction of sp³-hybridized carbons (Fsp3) is 0.308. The van der Waals surface area contributed by atoms with E-state index in [1.165, 1.54) is 6.20 Å². The average molecular weight is 204 g/mol. The zero-order valence-corrected chi connectivity index (χ0v) is 9.61. The zero-order valence-electron chi connectivity index (χ0n) is 9.61. The third kappa shape index (κ3) is 6.49. The van der Waals surface area contributed by atoms with Gasteiger partial charge in [-0.05, 0) is 30.7 Å². The highest BCUT2D eigenvalue weighted by Crippen LogP contribution is 2.10. The molecule has 2 heteroatoms. The molecule has 0 amide bonds. The van der Waals surface area contributed by atoms with Crippen molar-refractivity contribution in [1.29, 1.82) is 0 Å². The smallest absolute Gasteiger partial charge is 0.0299 e. The van der Waals surface area contributed by atoms with E-state index in [9.17, 15) is 0 Å². The maximum absolute atomic E-state index is 5.54. The van der Waals surface area contributed by atoms with Crippen molar-refractivity contribution in [3.63, 3.8) is 0 Å². The first kappa shape index (κ1) is 13.4. The molecule has 0 aliphatic rings. The largest absolute Gasteiger partial charge is 0.404 e. The van der Waals surface area contributed by atoms with Crippen LogP contribution < -0.4 is 5.73 Å². The maximum Gasteiger partial charge on any atom is 0.0299 e. The van der Waals surface area contributed by atoms with Crippen molar-refractivity contribution in [3.05, 3.63) is 48.4 Å². The minimum atomic E-state index is 0.806. The first-order chi connectivity index (χ1) is 7.28. The number of nitrogens with two attached hydrogens (primary N) is 1. The second-order valence-corrected chi connectivity index (χ2v) is 3.05. The Morgan fingerprint density at radius 1 is 1.40 bits per heavy atom. The Hall–Kier alpha value is -1.57. The minimum absolute atomic E-state index is 0.806. The molecule has 0 radical (unpaired) electrons. The Kier molecular flexibility index (Phi) is 8.06. The highest BCUT2D eigenvalue weighted by Gasteiger charge is 1.95. The molecule has 0 aromatic carbocycles. The summed E-state index contributed by atoms with van der Waals surface area (Å²) in [6.07, 6.45) is 13.0. The second-order valence-electron chi connectivity index (χ2n) is 3.05. The lowest BCUT2D eigenvalue weighted by Crippen LogP contribution is -1.91. The van der Waals surface area contributed by atoms with Gasteiger partial charge in [-0.1, -0.05) is 31.7 Å². The SMILES string of the molecule is C=C/N=C\C(=C/C)CC(/C=C\CC)=C/N. The van der Waals surface area contributed by atoms with Crippen molar-refractivity contribution < 1.29 is 0 Å². The number of rotatable bonds is 6. The molecule has 0 aromatic rings. The zero-order chi connectivity index (χ0) is 11.5. The summed E-state index contributed by atoms with van der Waals surface area (Å²) in [5, 5.41) is 0. The molecule has 0 saturated heterocycles. The van der Waals surface area contributed by atoms with Crippen LogP contribution in [-0.4, -0.2) is 6.21 Å². The van der Waals surface area contributed by atoms with Crippen molar-refractivity contribution in [2.45, 2.75) is 26.7 Å². The van der Waals surface area contributed by atoms with Crippen LogP contribution in [0.4, 0.5) is 0 Å². The van der Waals surface area contributed by atoms with Crippen LogP contribution in [0.3, 0.4) is 0 Å². The van der Waals surface area contributed by atoms with Gasteiger partial charge in [0, 0.05) is 18.8 Å². The van der Waals surface area contributed by atoms with Crippen molar-refractivity contribution in [2.75, 3.05) is 0 Å². The summed E-state index contributed by atoms with van der Waals surface area (Å²) in [5.41, 5.74) is 7.77. The van der Waals surface area contributed by atoms with Crippen molar-refractivity contribution in [2.24, 2.45) is 10.7 Å². The molecular formula is C13H20N2. The average Bonchev–Trinajstić information content (AvgIpc) is 2.28. The Morgan fingerprint density at radius 3 is 2.60 bits per heavy atom. The minimum Gasteiger partial charge on any atom is -0.404 e. The van der Waals surface area contributed by atoms with Crippen molar-refractivity contribution >= 4 is 6.21 Å². The van der Waals surface area contributed by atoms with E-state index in [1.807, 2.05) is 19.1 Å². The molecule has 0 aliphatic carbocycles. The van der Waals surface area contributed by atoms with Gasteiger partial charge in [-0.25, -0.2) is 0 Å². The predicted molar refractivity (Wildman–Crippen MR) is 68.8 cm³/mol. The Bertz CT molecular complexity index is 294.